The molecular weight excluding hydrogens is 264 g/mol. The van der Waals surface area contributed by atoms with Crippen molar-refractivity contribution in [3.63, 3.8) is 0 Å². The maximum absolute atomic E-state index is 11.7. The predicted molar refractivity (Wildman–Crippen MR) is 70.5 cm³/mol. The smallest absolute Gasteiger partial charge is 0.173 e. The van der Waals surface area contributed by atoms with Crippen LogP contribution >= 0.6 is 15.9 Å². The highest BCUT2D eigenvalue weighted by atomic mass is 79.9. The highest BCUT2D eigenvalue weighted by Crippen LogP contribution is 2.37. The summed E-state index contributed by atoms with van der Waals surface area (Å²) in [6, 6.07) is 6.19. The first kappa shape index (κ1) is 11.8. The number of Topliss-reactive ketones (excluding diaryl/α,β-unsaturated/α-hetero) is 1. The standard InChI is InChI=1S/C14H17BrO/c1-14(2)7-3-4-10-5-6-11(8-12(10)14)13(16)9-15/h5-6,8H,3-4,7,9H2,1-2H3. The van der Waals surface area contributed by atoms with Gasteiger partial charge in [-0.25, -0.2) is 0 Å². The van der Waals surface area contributed by atoms with Gasteiger partial charge in [-0.1, -0.05) is 41.9 Å². The van der Waals surface area contributed by atoms with Crippen molar-refractivity contribution < 1.29 is 4.79 Å². The lowest BCUT2D eigenvalue weighted by Gasteiger charge is -2.32. The summed E-state index contributed by atoms with van der Waals surface area (Å²) in [5, 5.41) is 0.409. The first-order chi connectivity index (χ1) is 7.54. The van der Waals surface area contributed by atoms with E-state index in [1.165, 1.54) is 24.0 Å². The number of aryl methyl sites for hydroxylation is 1. The van der Waals surface area contributed by atoms with Gasteiger partial charge in [0.1, 0.15) is 0 Å². The van der Waals surface area contributed by atoms with Crippen LogP contribution in [0, 0.1) is 0 Å². The average molecular weight is 281 g/mol. The van der Waals surface area contributed by atoms with Crippen LogP contribution in [-0.4, -0.2) is 11.1 Å². The Hall–Kier alpha value is -0.630. The van der Waals surface area contributed by atoms with Gasteiger partial charge in [-0.3, -0.25) is 4.79 Å². The number of benzene rings is 1. The Balaban J connectivity index is 2.47. The molecule has 0 radical (unpaired) electrons. The first-order valence-electron chi connectivity index (χ1n) is 5.77. The van der Waals surface area contributed by atoms with Crippen LogP contribution in [0.3, 0.4) is 0 Å². The number of hydrogen-bond acceptors (Lipinski definition) is 1. The second-order valence-corrected chi connectivity index (χ2v) is 5.73. The minimum atomic E-state index is 0.171. The lowest BCUT2D eigenvalue weighted by atomic mass is 9.72. The maximum atomic E-state index is 11.7. The van der Waals surface area contributed by atoms with Crippen molar-refractivity contribution in [2.75, 3.05) is 5.33 Å². The Kier molecular flexibility index (Phi) is 3.20. The number of rotatable bonds is 2. The van der Waals surface area contributed by atoms with Crippen molar-refractivity contribution in [2.24, 2.45) is 0 Å². The molecule has 0 bridgehead atoms. The zero-order valence-electron chi connectivity index (χ0n) is 9.85. The molecule has 0 aromatic heterocycles. The van der Waals surface area contributed by atoms with E-state index in [1.54, 1.807) is 0 Å². The summed E-state index contributed by atoms with van der Waals surface area (Å²) in [4.78, 5) is 11.7. The van der Waals surface area contributed by atoms with Gasteiger partial charge < -0.3 is 0 Å². The summed E-state index contributed by atoms with van der Waals surface area (Å²) in [6.07, 6.45) is 3.62. The monoisotopic (exact) mass is 280 g/mol. The quantitative estimate of drug-likeness (QED) is 0.594. The molecule has 1 aromatic rings. The number of hydrogen-bond donors (Lipinski definition) is 0. The number of alkyl halides is 1. The van der Waals surface area contributed by atoms with E-state index in [-0.39, 0.29) is 11.2 Å². The van der Waals surface area contributed by atoms with Gasteiger partial charge in [0.05, 0.1) is 5.33 Å². The van der Waals surface area contributed by atoms with Gasteiger partial charge in [0.25, 0.3) is 0 Å². The SMILES string of the molecule is CC1(C)CCCc2ccc(C(=O)CBr)cc21. The van der Waals surface area contributed by atoms with Crippen LogP contribution < -0.4 is 0 Å². The van der Waals surface area contributed by atoms with Crippen LogP contribution in [0.2, 0.25) is 0 Å². The zero-order chi connectivity index (χ0) is 11.8. The molecule has 0 N–H and O–H groups in total. The number of halogens is 1. The third-order valence-corrected chi connectivity index (χ3v) is 4.04. The van der Waals surface area contributed by atoms with Gasteiger partial charge in [0.2, 0.25) is 0 Å². The molecule has 1 aromatic carbocycles. The Labute approximate surface area is 105 Å². The summed E-state index contributed by atoms with van der Waals surface area (Å²) >= 11 is 3.23. The minimum absolute atomic E-state index is 0.171. The summed E-state index contributed by atoms with van der Waals surface area (Å²) in [5.41, 5.74) is 3.84. The summed E-state index contributed by atoms with van der Waals surface area (Å²) in [6.45, 7) is 4.54. The van der Waals surface area contributed by atoms with Crippen LogP contribution in [0.5, 0.6) is 0 Å². The number of carbonyl (C=O) groups excluding carboxylic acids is 1. The second kappa shape index (κ2) is 4.33. The van der Waals surface area contributed by atoms with E-state index in [2.05, 4.69) is 41.9 Å². The van der Waals surface area contributed by atoms with Crippen molar-refractivity contribution in [1.29, 1.82) is 0 Å². The molecule has 2 rings (SSSR count). The molecule has 1 aliphatic rings. The van der Waals surface area contributed by atoms with Gasteiger partial charge in [-0.05, 0) is 41.9 Å². The molecule has 1 aliphatic carbocycles. The number of ketones is 1. The first-order valence-corrected chi connectivity index (χ1v) is 6.89. The van der Waals surface area contributed by atoms with Crippen LogP contribution in [-0.2, 0) is 11.8 Å². The van der Waals surface area contributed by atoms with E-state index >= 15 is 0 Å². The van der Waals surface area contributed by atoms with E-state index in [1.807, 2.05) is 6.07 Å². The van der Waals surface area contributed by atoms with Crippen molar-refractivity contribution >= 4 is 21.7 Å². The molecule has 0 unspecified atom stereocenters. The Morgan fingerprint density at radius 1 is 1.44 bits per heavy atom. The third kappa shape index (κ3) is 2.08. The van der Waals surface area contributed by atoms with E-state index in [4.69, 9.17) is 0 Å². The fourth-order valence-electron chi connectivity index (χ4n) is 2.53. The molecule has 86 valence electrons. The number of carbonyl (C=O) groups is 1. The predicted octanol–water partition coefficient (Wildman–Crippen LogP) is 3.88. The van der Waals surface area contributed by atoms with E-state index in [9.17, 15) is 4.79 Å². The molecule has 16 heavy (non-hydrogen) atoms. The largest absolute Gasteiger partial charge is 0.293 e. The van der Waals surface area contributed by atoms with E-state index < -0.39 is 0 Å². The summed E-state index contributed by atoms with van der Waals surface area (Å²) in [5.74, 6) is 0.171. The third-order valence-electron chi connectivity index (χ3n) is 3.53. The molecular formula is C14H17BrO. The van der Waals surface area contributed by atoms with Crippen LogP contribution in [0.4, 0.5) is 0 Å². The van der Waals surface area contributed by atoms with Crippen molar-refractivity contribution in [3.8, 4) is 0 Å². The van der Waals surface area contributed by atoms with Crippen LogP contribution in [0.25, 0.3) is 0 Å². The van der Waals surface area contributed by atoms with Gasteiger partial charge in [0, 0.05) is 5.56 Å². The summed E-state index contributed by atoms with van der Waals surface area (Å²) in [7, 11) is 0. The van der Waals surface area contributed by atoms with Crippen molar-refractivity contribution in [3.05, 3.63) is 34.9 Å². The Morgan fingerprint density at radius 2 is 2.19 bits per heavy atom. The molecule has 0 heterocycles. The lowest BCUT2D eigenvalue weighted by molar-refractivity contribution is 0.102. The Morgan fingerprint density at radius 3 is 2.88 bits per heavy atom. The molecule has 0 aliphatic heterocycles. The van der Waals surface area contributed by atoms with Crippen molar-refractivity contribution in [2.45, 2.75) is 38.5 Å². The van der Waals surface area contributed by atoms with Gasteiger partial charge in [0.15, 0.2) is 5.78 Å². The molecule has 2 heteroatoms. The second-order valence-electron chi connectivity index (χ2n) is 5.17. The molecule has 0 amide bonds. The average Bonchev–Trinajstić information content (AvgIpc) is 2.27. The highest BCUT2D eigenvalue weighted by molar-refractivity contribution is 9.09. The van der Waals surface area contributed by atoms with E-state index in [0.29, 0.717) is 5.33 Å². The maximum Gasteiger partial charge on any atom is 0.173 e. The normalized spacial score (nSPS) is 17.9. The molecule has 0 spiro atoms. The topological polar surface area (TPSA) is 17.1 Å². The van der Waals surface area contributed by atoms with Gasteiger partial charge >= 0.3 is 0 Å². The minimum Gasteiger partial charge on any atom is -0.293 e. The van der Waals surface area contributed by atoms with Crippen LogP contribution in [0.15, 0.2) is 18.2 Å². The lowest BCUT2D eigenvalue weighted by Crippen LogP contribution is -2.24. The Bertz CT molecular complexity index is 421. The van der Waals surface area contributed by atoms with Gasteiger partial charge in [-0.2, -0.15) is 0 Å². The fraction of sp³-hybridized carbons (Fsp3) is 0.500. The van der Waals surface area contributed by atoms with Crippen molar-refractivity contribution in [1.82, 2.24) is 0 Å². The number of fused-ring (bicyclic) bond motifs is 1. The summed E-state index contributed by atoms with van der Waals surface area (Å²) < 4.78 is 0. The fourth-order valence-corrected chi connectivity index (χ4v) is 2.85. The van der Waals surface area contributed by atoms with Gasteiger partial charge in [-0.15, -0.1) is 0 Å². The van der Waals surface area contributed by atoms with Crippen LogP contribution in [0.1, 0.15) is 48.2 Å². The molecule has 1 nitrogen and oxygen atoms in total. The molecule has 0 saturated heterocycles. The highest BCUT2D eigenvalue weighted by Gasteiger charge is 2.27. The van der Waals surface area contributed by atoms with E-state index in [0.717, 1.165) is 12.0 Å². The molecule has 0 fully saturated rings. The zero-order valence-corrected chi connectivity index (χ0v) is 11.4. The molecule has 0 atom stereocenters. The molecule has 0 saturated carbocycles.